The Morgan fingerprint density at radius 2 is 1.93 bits per heavy atom. The lowest BCUT2D eigenvalue weighted by Gasteiger charge is -2.40. The lowest BCUT2D eigenvalue weighted by atomic mass is 10.1. The number of hydrogen-bond acceptors (Lipinski definition) is 6. The van der Waals surface area contributed by atoms with Gasteiger partial charge in [0.1, 0.15) is 11.3 Å². The molecule has 144 valence electrons. The van der Waals surface area contributed by atoms with E-state index in [1.165, 1.54) is 16.9 Å². The van der Waals surface area contributed by atoms with E-state index in [1.807, 2.05) is 23.1 Å². The van der Waals surface area contributed by atoms with Crippen molar-refractivity contribution in [3.8, 4) is 10.9 Å². The molecular formula is C20H21N5O2S. The number of pyridine rings is 1. The van der Waals surface area contributed by atoms with E-state index in [0.29, 0.717) is 5.19 Å². The van der Waals surface area contributed by atoms with Crippen LogP contribution in [0.2, 0.25) is 0 Å². The number of rotatable bonds is 4. The summed E-state index contributed by atoms with van der Waals surface area (Å²) in [5, 5.41) is 0.620. The van der Waals surface area contributed by atoms with E-state index in [1.54, 1.807) is 12.4 Å². The van der Waals surface area contributed by atoms with Gasteiger partial charge in [-0.2, -0.15) is 0 Å². The highest BCUT2D eigenvalue weighted by Crippen LogP contribution is 2.32. The lowest BCUT2D eigenvalue weighted by Crippen LogP contribution is -2.56. The molecule has 2 saturated heterocycles. The van der Waals surface area contributed by atoms with Crippen LogP contribution in [-0.2, 0) is 6.54 Å². The average Bonchev–Trinajstić information content (AvgIpc) is 3.21. The molecule has 2 fully saturated rings. The summed E-state index contributed by atoms with van der Waals surface area (Å²) in [5.41, 5.74) is 7.62. The van der Waals surface area contributed by atoms with Gasteiger partial charge in [0, 0.05) is 37.9 Å². The van der Waals surface area contributed by atoms with Crippen LogP contribution in [0, 0.1) is 0 Å². The smallest absolute Gasteiger partial charge is 0.315 e. The second-order valence-corrected chi connectivity index (χ2v) is 8.39. The Bertz CT molecular complexity index is 958. The standard InChI is InChI=1S/C20H21N5O2S/c21-19(26)25-14-3-4-15(25)12-24(11-14)10-13-1-5-16(6-2-13)27-20-23-17-9-22-8-7-18(17)28-20/h1-2,5-9,14-15H,3-4,10-12H2,(H2,21,26). The number of carbonyl (C=O) groups is 1. The van der Waals surface area contributed by atoms with E-state index in [0.717, 1.165) is 48.4 Å². The molecule has 2 aromatic heterocycles. The summed E-state index contributed by atoms with van der Waals surface area (Å²) < 4.78 is 6.96. The molecule has 3 aromatic rings. The number of nitrogens with two attached hydrogens (primary N) is 1. The Kier molecular flexibility index (Phi) is 4.37. The van der Waals surface area contributed by atoms with Crippen LogP contribution in [0.15, 0.2) is 42.7 Å². The summed E-state index contributed by atoms with van der Waals surface area (Å²) in [6.45, 7) is 2.64. The number of nitrogens with zero attached hydrogens (tertiary/aromatic N) is 4. The van der Waals surface area contributed by atoms with Crippen molar-refractivity contribution >= 4 is 27.6 Å². The Hall–Kier alpha value is -2.71. The summed E-state index contributed by atoms with van der Waals surface area (Å²) in [7, 11) is 0. The van der Waals surface area contributed by atoms with Crippen LogP contribution in [0.25, 0.3) is 10.2 Å². The van der Waals surface area contributed by atoms with E-state index in [4.69, 9.17) is 10.5 Å². The monoisotopic (exact) mass is 395 g/mol. The maximum absolute atomic E-state index is 11.6. The first kappa shape index (κ1) is 17.4. The number of urea groups is 1. The third kappa shape index (κ3) is 3.29. The molecule has 0 spiro atoms. The van der Waals surface area contributed by atoms with Gasteiger partial charge in [0.05, 0.1) is 10.9 Å². The van der Waals surface area contributed by atoms with Crippen molar-refractivity contribution in [2.24, 2.45) is 5.73 Å². The number of carbonyl (C=O) groups excluding carboxylic acids is 1. The number of primary amides is 1. The molecule has 2 bridgehead atoms. The van der Waals surface area contributed by atoms with Crippen molar-refractivity contribution in [2.45, 2.75) is 31.5 Å². The van der Waals surface area contributed by atoms with Crippen molar-refractivity contribution < 1.29 is 9.53 Å². The highest BCUT2D eigenvalue weighted by molar-refractivity contribution is 7.20. The molecule has 0 aliphatic carbocycles. The zero-order chi connectivity index (χ0) is 19.1. The molecule has 2 unspecified atom stereocenters. The van der Waals surface area contributed by atoms with Crippen LogP contribution in [-0.4, -0.2) is 51.0 Å². The molecule has 1 aromatic carbocycles. The molecule has 4 heterocycles. The molecule has 2 atom stereocenters. The van der Waals surface area contributed by atoms with E-state index < -0.39 is 0 Å². The van der Waals surface area contributed by atoms with E-state index in [-0.39, 0.29) is 18.1 Å². The maximum Gasteiger partial charge on any atom is 0.315 e. The number of fused-ring (bicyclic) bond motifs is 3. The number of amides is 2. The molecule has 28 heavy (non-hydrogen) atoms. The molecule has 2 aliphatic rings. The second kappa shape index (κ2) is 7.03. The summed E-state index contributed by atoms with van der Waals surface area (Å²) in [6.07, 6.45) is 5.60. The van der Waals surface area contributed by atoms with Crippen LogP contribution in [0.4, 0.5) is 4.79 Å². The molecule has 5 rings (SSSR count). The first-order valence-electron chi connectivity index (χ1n) is 9.43. The average molecular weight is 395 g/mol. The Labute approximate surface area is 166 Å². The van der Waals surface area contributed by atoms with Crippen molar-refractivity contribution in [1.82, 2.24) is 19.8 Å². The third-order valence-corrected chi connectivity index (χ3v) is 6.43. The molecule has 2 N–H and O–H groups in total. The topological polar surface area (TPSA) is 84.6 Å². The second-order valence-electron chi connectivity index (χ2n) is 7.39. The molecule has 2 aliphatic heterocycles. The molecule has 2 amide bonds. The van der Waals surface area contributed by atoms with Gasteiger partial charge < -0.3 is 15.4 Å². The van der Waals surface area contributed by atoms with E-state index in [2.05, 4.69) is 27.0 Å². The SMILES string of the molecule is NC(=O)N1C2CCC1CN(Cc1ccc(Oc3nc4cnccc4s3)cc1)C2. The zero-order valence-electron chi connectivity index (χ0n) is 15.3. The molecular weight excluding hydrogens is 374 g/mol. The first-order chi connectivity index (χ1) is 13.7. The van der Waals surface area contributed by atoms with Gasteiger partial charge in [-0.05, 0) is 36.6 Å². The van der Waals surface area contributed by atoms with Crippen LogP contribution in [0.1, 0.15) is 18.4 Å². The summed E-state index contributed by atoms with van der Waals surface area (Å²) in [4.78, 5) is 24.5. The normalized spacial score (nSPS) is 21.9. The van der Waals surface area contributed by atoms with Crippen molar-refractivity contribution in [3.63, 3.8) is 0 Å². The Morgan fingerprint density at radius 1 is 1.18 bits per heavy atom. The van der Waals surface area contributed by atoms with Crippen molar-refractivity contribution in [3.05, 3.63) is 48.3 Å². The molecule has 0 radical (unpaired) electrons. The first-order valence-corrected chi connectivity index (χ1v) is 10.2. The Morgan fingerprint density at radius 3 is 2.61 bits per heavy atom. The predicted molar refractivity (Wildman–Crippen MR) is 107 cm³/mol. The number of piperazine rings is 1. The van der Waals surface area contributed by atoms with Crippen molar-refractivity contribution in [1.29, 1.82) is 0 Å². The van der Waals surface area contributed by atoms with Crippen LogP contribution < -0.4 is 10.5 Å². The molecule has 0 saturated carbocycles. The minimum absolute atomic E-state index is 0.257. The fourth-order valence-electron chi connectivity index (χ4n) is 4.30. The van der Waals surface area contributed by atoms with Gasteiger partial charge >= 0.3 is 6.03 Å². The van der Waals surface area contributed by atoms with Crippen LogP contribution in [0.5, 0.6) is 10.9 Å². The summed E-state index contributed by atoms with van der Waals surface area (Å²) >= 11 is 1.51. The van der Waals surface area contributed by atoms with Gasteiger partial charge in [0.15, 0.2) is 0 Å². The van der Waals surface area contributed by atoms with Gasteiger partial charge in [0.2, 0.25) is 0 Å². The van der Waals surface area contributed by atoms with Crippen molar-refractivity contribution in [2.75, 3.05) is 13.1 Å². The third-order valence-electron chi connectivity index (χ3n) is 5.52. The number of ether oxygens (including phenoxy) is 1. The quantitative estimate of drug-likeness (QED) is 0.733. The predicted octanol–water partition coefficient (Wildman–Crippen LogP) is 3.21. The van der Waals surface area contributed by atoms with E-state index >= 15 is 0 Å². The highest BCUT2D eigenvalue weighted by Gasteiger charge is 2.41. The highest BCUT2D eigenvalue weighted by atomic mass is 32.1. The van der Waals surface area contributed by atoms with Gasteiger partial charge in [-0.3, -0.25) is 9.88 Å². The van der Waals surface area contributed by atoms with Crippen LogP contribution in [0.3, 0.4) is 0 Å². The largest absolute Gasteiger partial charge is 0.431 e. The minimum atomic E-state index is -0.278. The number of thiazole rings is 1. The Balaban J connectivity index is 1.23. The number of likely N-dealkylation sites (tertiary alicyclic amines) is 1. The summed E-state index contributed by atoms with van der Waals surface area (Å²) in [6, 6.07) is 10.3. The van der Waals surface area contributed by atoms with Gasteiger partial charge in [-0.1, -0.05) is 23.5 Å². The fraction of sp³-hybridized carbons (Fsp3) is 0.350. The van der Waals surface area contributed by atoms with Gasteiger partial charge in [-0.15, -0.1) is 0 Å². The zero-order valence-corrected chi connectivity index (χ0v) is 16.1. The molecule has 8 heteroatoms. The molecule has 7 nitrogen and oxygen atoms in total. The fourth-order valence-corrected chi connectivity index (χ4v) is 5.11. The van der Waals surface area contributed by atoms with Crippen LogP contribution >= 0.6 is 11.3 Å². The summed E-state index contributed by atoms with van der Waals surface area (Å²) in [5.74, 6) is 0.773. The number of hydrogen-bond donors (Lipinski definition) is 1. The number of aromatic nitrogens is 2. The minimum Gasteiger partial charge on any atom is -0.431 e. The number of benzene rings is 1. The lowest BCUT2D eigenvalue weighted by molar-refractivity contribution is 0.0883. The maximum atomic E-state index is 11.6. The van der Waals surface area contributed by atoms with Gasteiger partial charge in [0.25, 0.3) is 5.19 Å². The van der Waals surface area contributed by atoms with Gasteiger partial charge in [-0.25, -0.2) is 9.78 Å². The van der Waals surface area contributed by atoms with E-state index in [9.17, 15) is 4.79 Å².